The SMILES string of the molecule is Cc1ccc(-n2nc(C(=O)N3CCCCC3)cc2N)cc1. The second-order valence-electron chi connectivity index (χ2n) is 5.55. The van der Waals surface area contributed by atoms with E-state index in [1.54, 1.807) is 10.7 Å². The van der Waals surface area contributed by atoms with Gasteiger partial charge in [0.25, 0.3) is 5.91 Å². The first-order valence-electron chi connectivity index (χ1n) is 7.37. The number of hydrogen-bond acceptors (Lipinski definition) is 3. The van der Waals surface area contributed by atoms with E-state index in [1.807, 2.05) is 36.1 Å². The molecule has 0 aliphatic carbocycles. The van der Waals surface area contributed by atoms with Gasteiger partial charge < -0.3 is 10.6 Å². The number of nitrogens with two attached hydrogens (primary N) is 1. The number of amides is 1. The van der Waals surface area contributed by atoms with E-state index in [0.29, 0.717) is 11.5 Å². The van der Waals surface area contributed by atoms with Crippen LogP contribution in [0, 0.1) is 6.92 Å². The molecule has 1 aliphatic heterocycles. The Morgan fingerprint density at radius 2 is 1.81 bits per heavy atom. The van der Waals surface area contributed by atoms with Gasteiger partial charge in [-0.2, -0.15) is 5.10 Å². The molecule has 0 atom stereocenters. The molecule has 5 nitrogen and oxygen atoms in total. The Morgan fingerprint density at radius 3 is 2.48 bits per heavy atom. The number of aryl methyl sites for hydroxylation is 1. The molecule has 2 aromatic rings. The van der Waals surface area contributed by atoms with Crippen molar-refractivity contribution in [3.63, 3.8) is 0 Å². The summed E-state index contributed by atoms with van der Waals surface area (Å²) in [7, 11) is 0. The number of likely N-dealkylation sites (tertiary alicyclic amines) is 1. The van der Waals surface area contributed by atoms with Gasteiger partial charge in [-0.05, 0) is 38.3 Å². The van der Waals surface area contributed by atoms with Crippen LogP contribution in [-0.4, -0.2) is 33.7 Å². The Hall–Kier alpha value is -2.30. The highest BCUT2D eigenvalue weighted by atomic mass is 16.2. The maximum atomic E-state index is 12.4. The minimum atomic E-state index is -0.0211. The minimum Gasteiger partial charge on any atom is -0.384 e. The van der Waals surface area contributed by atoms with Crippen molar-refractivity contribution in [1.29, 1.82) is 0 Å². The second kappa shape index (κ2) is 5.60. The smallest absolute Gasteiger partial charge is 0.274 e. The summed E-state index contributed by atoms with van der Waals surface area (Å²) in [5.74, 6) is 0.464. The third kappa shape index (κ3) is 2.77. The maximum absolute atomic E-state index is 12.4. The number of nitrogens with zero attached hydrogens (tertiary/aromatic N) is 3. The standard InChI is InChI=1S/C16H20N4O/c1-12-5-7-13(8-6-12)20-15(17)11-14(18-20)16(21)19-9-3-2-4-10-19/h5-8,11H,2-4,9-10,17H2,1H3. The van der Waals surface area contributed by atoms with Crippen molar-refractivity contribution in [2.75, 3.05) is 18.8 Å². The summed E-state index contributed by atoms with van der Waals surface area (Å²) in [6, 6.07) is 9.57. The first-order chi connectivity index (χ1) is 10.1. The molecule has 21 heavy (non-hydrogen) atoms. The number of aromatic nitrogens is 2. The topological polar surface area (TPSA) is 64.2 Å². The number of nitrogen functional groups attached to an aromatic ring is 1. The van der Waals surface area contributed by atoms with Gasteiger partial charge >= 0.3 is 0 Å². The fraction of sp³-hybridized carbons (Fsp3) is 0.375. The van der Waals surface area contributed by atoms with Crippen molar-refractivity contribution >= 4 is 11.7 Å². The Labute approximate surface area is 124 Å². The van der Waals surface area contributed by atoms with E-state index in [1.165, 1.54) is 12.0 Å². The van der Waals surface area contributed by atoms with Crippen LogP contribution >= 0.6 is 0 Å². The zero-order chi connectivity index (χ0) is 14.8. The number of hydrogen-bond donors (Lipinski definition) is 1. The molecule has 3 rings (SSSR count). The third-order valence-electron chi connectivity index (χ3n) is 3.88. The Bertz CT molecular complexity index is 639. The van der Waals surface area contributed by atoms with E-state index in [4.69, 9.17) is 5.73 Å². The molecule has 2 N–H and O–H groups in total. The van der Waals surface area contributed by atoms with Crippen molar-refractivity contribution in [3.8, 4) is 5.69 Å². The maximum Gasteiger partial charge on any atom is 0.274 e. The molecular formula is C16H20N4O. The highest BCUT2D eigenvalue weighted by Crippen LogP contribution is 2.18. The van der Waals surface area contributed by atoms with Crippen LogP contribution < -0.4 is 5.73 Å². The van der Waals surface area contributed by atoms with Crippen molar-refractivity contribution < 1.29 is 4.79 Å². The van der Waals surface area contributed by atoms with Crippen LogP contribution in [0.1, 0.15) is 35.3 Å². The van der Waals surface area contributed by atoms with Crippen LogP contribution in [0.4, 0.5) is 5.82 Å². The summed E-state index contributed by atoms with van der Waals surface area (Å²) in [6.07, 6.45) is 3.34. The van der Waals surface area contributed by atoms with Gasteiger partial charge in [0.1, 0.15) is 5.82 Å². The summed E-state index contributed by atoms with van der Waals surface area (Å²) in [5, 5.41) is 4.39. The van der Waals surface area contributed by atoms with Crippen LogP contribution in [0.2, 0.25) is 0 Å². The van der Waals surface area contributed by atoms with Crippen LogP contribution in [0.25, 0.3) is 5.69 Å². The first-order valence-corrected chi connectivity index (χ1v) is 7.37. The number of carbonyl (C=O) groups is 1. The molecule has 110 valence electrons. The van der Waals surface area contributed by atoms with E-state index in [2.05, 4.69) is 5.10 Å². The lowest BCUT2D eigenvalue weighted by Crippen LogP contribution is -2.35. The summed E-state index contributed by atoms with van der Waals surface area (Å²) in [5.41, 5.74) is 8.48. The first kappa shape index (κ1) is 13.7. The molecule has 0 saturated carbocycles. The van der Waals surface area contributed by atoms with Gasteiger partial charge in [-0.15, -0.1) is 0 Å². The van der Waals surface area contributed by atoms with Crippen molar-refractivity contribution in [2.45, 2.75) is 26.2 Å². The third-order valence-corrected chi connectivity index (χ3v) is 3.88. The highest BCUT2D eigenvalue weighted by Gasteiger charge is 2.21. The zero-order valence-electron chi connectivity index (χ0n) is 12.2. The summed E-state index contributed by atoms with van der Waals surface area (Å²) in [4.78, 5) is 14.3. The van der Waals surface area contributed by atoms with Gasteiger partial charge in [-0.3, -0.25) is 4.79 Å². The molecule has 1 saturated heterocycles. The average Bonchev–Trinajstić information content (AvgIpc) is 2.90. The number of carbonyl (C=O) groups excluding carboxylic acids is 1. The molecule has 1 aromatic heterocycles. The minimum absolute atomic E-state index is 0.0211. The summed E-state index contributed by atoms with van der Waals surface area (Å²) < 4.78 is 1.62. The molecule has 1 fully saturated rings. The molecule has 2 heterocycles. The zero-order valence-corrected chi connectivity index (χ0v) is 12.2. The number of benzene rings is 1. The van der Waals surface area contributed by atoms with Gasteiger partial charge in [-0.25, -0.2) is 4.68 Å². The van der Waals surface area contributed by atoms with Crippen LogP contribution in [0.3, 0.4) is 0 Å². The quantitative estimate of drug-likeness (QED) is 0.921. The van der Waals surface area contributed by atoms with E-state index < -0.39 is 0 Å². The number of anilines is 1. The highest BCUT2D eigenvalue weighted by molar-refractivity contribution is 5.93. The molecule has 1 amide bonds. The largest absolute Gasteiger partial charge is 0.384 e. The second-order valence-corrected chi connectivity index (χ2v) is 5.55. The summed E-state index contributed by atoms with van der Waals surface area (Å²) in [6.45, 7) is 3.66. The fourth-order valence-corrected chi connectivity index (χ4v) is 2.65. The Morgan fingerprint density at radius 1 is 1.14 bits per heavy atom. The molecule has 1 aromatic carbocycles. The van der Waals surface area contributed by atoms with E-state index in [9.17, 15) is 4.79 Å². The molecule has 0 bridgehead atoms. The van der Waals surface area contributed by atoms with Gasteiger partial charge in [-0.1, -0.05) is 17.7 Å². The van der Waals surface area contributed by atoms with E-state index >= 15 is 0 Å². The molecule has 0 spiro atoms. The average molecular weight is 284 g/mol. The lowest BCUT2D eigenvalue weighted by molar-refractivity contribution is 0.0718. The predicted octanol–water partition coefficient (Wildman–Crippen LogP) is 2.39. The van der Waals surface area contributed by atoms with Gasteiger partial charge in [0.2, 0.25) is 0 Å². The Balaban J connectivity index is 1.86. The molecule has 5 heteroatoms. The Kier molecular flexibility index (Phi) is 3.64. The van der Waals surface area contributed by atoms with Crippen molar-refractivity contribution in [3.05, 3.63) is 41.6 Å². The van der Waals surface area contributed by atoms with Gasteiger partial charge in [0.05, 0.1) is 5.69 Å². The van der Waals surface area contributed by atoms with Crippen LogP contribution in [-0.2, 0) is 0 Å². The summed E-state index contributed by atoms with van der Waals surface area (Å²) >= 11 is 0. The van der Waals surface area contributed by atoms with E-state index in [0.717, 1.165) is 31.6 Å². The van der Waals surface area contributed by atoms with Crippen LogP contribution in [0.15, 0.2) is 30.3 Å². The monoisotopic (exact) mass is 284 g/mol. The van der Waals surface area contributed by atoms with Crippen molar-refractivity contribution in [2.24, 2.45) is 0 Å². The van der Waals surface area contributed by atoms with Crippen molar-refractivity contribution in [1.82, 2.24) is 14.7 Å². The fourth-order valence-electron chi connectivity index (χ4n) is 2.65. The predicted molar refractivity (Wildman–Crippen MR) is 82.5 cm³/mol. The molecule has 0 radical (unpaired) electrons. The van der Waals surface area contributed by atoms with Crippen LogP contribution in [0.5, 0.6) is 0 Å². The lowest BCUT2D eigenvalue weighted by atomic mass is 10.1. The number of rotatable bonds is 2. The van der Waals surface area contributed by atoms with E-state index in [-0.39, 0.29) is 5.91 Å². The molecular weight excluding hydrogens is 264 g/mol. The number of piperidine rings is 1. The van der Waals surface area contributed by atoms with Gasteiger partial charge in [0.15, 0.2) is 5.69 Å². The molecule has 0 unspecified atom stereocenters. The van der Waals surface area contributed by atoms with Gasteiger partial charge in [0, 0.05) is 19.2 Å². The normalized spacial score (nSPS) is 15.2. The molecule has 1 aliphatic rings. The lowest BCUT2D eigenvalue weighted by Gasteiger charge is -2.25.